The molecule has 20 aromatic rings. The lowest BCUT2D eigenvalue weighted by Gasteiger charge is -2.54. The highest BCUT2D eigenvalue weighted by atomic mass is 14.5. The molecule has 0 saturated heterocycles. The van der Waals surface area contributed by atoms with Crippen molar-refractivity contribution in [3.63, 3.8) is 0 Å². The number of hydrogen-bond donors (Lipinski definition) is 0. The van der Waals surface area contributed by atoms with Crippen LogP contribution in [-0.4, -0.2) is 0 Å². The Morgan fingerprint density at radius 1 is 0.219 bits per heavy atom. The summed E-state index contributed by atoms with van der Waals surface area (Å²) in [7, 11) is 0. The molecule has 1 spiro atoms. The maximum atomic E-state index is 8.85. The molecule has 4 fully saturated rings. The highest BCUT2D eigenvalue weighted by Crippen LogP contribution is 2.64. The maximum Gasteiger partial charge on any atom is 0.0725 e. The maximum absolute atomic E-state index is 8.85. The topological polar surface area (TPSA) is 0 Å². The first-order valence-corrected chi connectivity index (χ1v) is 50.2. The Hall–Kier alpha value is -14.6. The van der Waals surface area contributed by atoms with Gasteiger partial charge in [-0.25, -0.2) is 0 Å². The highest BCUT2D eigenvalue weighted by Gasteiger charge is 2.52. The summed E-state index contributed by atoms with van der Waals surface area (Å²) < 4.78 is 400. The van der Waals surface area contributed by atoms with Crippen LogP contribution in [0, 0.1) is 35.5 Å². The van der Waals surface area contributed by atoms with Crippen LogP contribution in [0.5, 0.6) is 0 Å². The Labute approximate surface area is 939 Å². The summed E-state index contributed by atoms with van der Waals surface area (Å²) in [6.45, 7) is 31.6. The van der Waals surface area contributed by atoms with E-state index in [4.69, 9.17) is 65.8 Å². The molecule has 20 aromatic carbocycles. The fraction of sp³-hybridized carbons (Fsp3) is 0.233. The molecule has 0 atom stereocenters. The van der Waals surface area contributed by atoms with E-state index < -0.39 is 144 Å². The van der Waals surface area contributed by atoms with Crippen LogP contribution in [0.1, 0.15) is 299 Å². The molecule has 146 heavy (non-hydrogen) atoms. The van der Waals surface area contributed by atoms with Crippen molar-refractivity contribution in [2.24, 2.45) is 35.5 Å². The van der Waals surface area contributed by atoms with Crippen LogP contribution in [0.2, 0.25) is 0 Å². The Kier molecular flexibility index (Phi) is 17.5. The molecule has 7 aliphatic carbocycles. The van der Waals surface area contributed by atoms with Gasteiger partial charge < -0.3 is 0 Å². The van der Waals surface area contributed by atoms with Crippen LogP contribution in [0.4, 0.5) is 0 Å². The normalized spacial score (nSPS) is 20.5. The van der Waals surface area contributed by atoms with Gasteiger partial charge in [-0.3, -0.25) is 0 Å². The van der Waals surface area contributed by atoms with Crippen molar-refractivity contribution in [1.29, 1.82) is 0 Å². The molecule has 4 bridgehead atoms. The summed E-state index contributed by atoms with van der Waals surface area (Å²) in [5.74, 6) is 2.87. The Morgan fingerprint density at radius 2 is 0.541 bits per heavy atom. The van der Waals surface area contributed by atoms with Crippen LogP contribution < -0.4 is 0 Å². The van der Waals surface area contributed by atoms with E-state index in [-0.39, 0.29) is 274 Å². The van der Waals surface area contributed by atoms with Crippen molar-refractivity contribution in [1.82, 2.24) is 0 Å². The monoisotopic (exact) mass is 1950 g/mol. The molecular formula is C146H144. The van der Waals surface area contributed by atoms with E-state index in [1.807, 2.05) is 80.6 Å². The fourth-order valence-corrected chi connectivity index (χ4v) is 21.4. The summed E-state index contributed by atoms with van der Waals surface area (Å²) in [6, 6.07) is 36.2. The first-order chi connectivity index (χ1) is 91.0. The van der Waals surface area contributed by atoms with Crippen LogP contribution in [-0.2, 0) is 10.8 Å². The van der Waals surface area contributed by atoms with Gasteiger partial charge in [0.05, 0.1) is 71.2 Å². The SMILES string of the molecule is CC(C)C.CC(C)C.[2H]c1c([2H])c(C(C)C)c([2H])c([2H])c1-c1c([2H])c([2H])c(C2C3CC4CC(C3)CC2C4)c([2H])c1[2H].[2H]c1c([2H])c([2H])c(-c2c([2H])c([2H])c(C(C)C)c3c([2H])c([2H])c([2H])c([2H])c23)c([2H])c1[2H].[2H]c1c([2H])c([2H])c(-c2ccc3c(c2)C(C)(C)c2ccccc2-3)c([2H])c1[2H].[2H]c1c([2H])c([2H])c(-c2ccc3c(c2)C2(c4ccccc4-c4ccccc42)c2ccccc2-3)c([2H])c1[2H].[2H]c1c([2H])c([2H])c2c(-c3c([2H])c([2H])c(C(C)C)c4c([2H])c([2H])c([2H])c([2H])c34)c([2H])c([2H])c([2H])c2c1[2H].[2H]c1c([2H])c([2H])c2c(C(C)C)c([2H])c([2H])c(-c3ccccc3)c2c1[2H]. The fourth-order valence-electron chi connectivity index (χ4n) is 21.4. The van der Waals surface area contributed by atoms with Crippen molar-refractivity contribution in [2.75, 3.05) is 0 Å². The predicted octanol–water partition coefficient (Wildman–Crippen LogP) is 41.7. The molecule has 0 N–H and O–H groups in total. The van der Waals surface area contributed by atoms with Crippen LogP contribution in [0.15, 0.2) is 454 Å². The number of fused-ring (bicyclic) bond motifs is 17. The first kappa shape index (κ1) is 57.4. The van der Waals surface area contributed by atoms with Crippen molar-refractivity contribution in [3.05, 3.63) is 515 Å². The second kappa shape index (κ2) is 44.6. The lowest BCUT2D eigenvalue weighted by Crippen LogP contribution is -2.43. The largest absolute Gasteiger partial charge is 0.0725 e. The molecule has 0 heteroatoms. The summed E-state index contributed by atoms with van der Waals surface area (Å²) in [5, 5.41) is -0.284. The predicted molar refractivity (Wildman–Crippen MR) is 632 cm³/mol. The van der Waals surface area contributed by atoms with Crippen LogP contribution in [0.3, 0.4) is 0 Å². The number of rotatable bonds is 11. The zero-order valence-electron chi connectivity index (χ0n) is 133. The van der Waals surface area contributed by atoms with Gasteiger partial charge in [-0.15, -0.1) is 0 Å². The van der Waals surface area contributed by atoms with E-state index in [1.165, 1.54) is 45.4 Å². The molecule has 728 valence electrons. The molecule has 4 saturated carbocycles. The zero-order chi connectivity index (χ0) is 143. The van der Waals surface area contributed by atoms with E-state index in [9.17, 15) is 0 Å². The minimum Gasteiger partial charge on any atom is -0.0630 e. The summed E-state index contributed by atoms with van der Waals surface area (Å²) in [5.41, 5.74) is 16.3. The smallest absolute Gasteiger partial charge is 0.0630 e. The van der Waals surface area contributed by atoms with Gasteiger partial charge in [-0.1, -0.05) is 552 Å². The van der Waals surface area contributed by atoms with E-state index >= 15 is 0 Å². The zero-order valence-corrected chi connectivity index (χ0v) is 85.0. The van der Waals surface area contributed by atoms with Crippen molar-refractivity contribution in [2.45, 2.75) is 183 Å². The average Bonchev–Trinajstić information content (AvgIpc) is 1.50. The lowest BCUT2D eigenvalue weighted by atomic mass is 9.51. The number of hydrogen-bond acceptors (Lipinski definition) is 0. The Bertz CT molecular complexity index is 10800. The molecule has 27 rings (SSSR count). The Balaban J connectivity index is 0.000000138. The molecular weight excluding hydrogens is 1750 g/mol. The molecule has 0 aromatic heterocycles. The van der Waals surface area contributed by atoms with Gasteiger partial charge in [0.15, 0.2) is 0 Å². The summed E-state index contributed by atoms with van der Waals surface area (Å²) in [6.07, 6.45) is 5.71. The molecule has 7 aliphatic rings. The molecule has 0 radical (unpaired) electrons. The molecule has 0 nitrogen and oxygen atoms in total. The third kappa shape index (κ3) is 20.8. The second-order valence-electron chi connectivity index (χ2n) is 40.9. The summed E-state index contributed by atoms with van der Waals surface area (Å²) >= 11 is 0. The van der Waals surface area contributed by atoms with E-state index in [2.05, 4.69) is 140 Å². The van der Waals surface area contributed by atoms with Crippen molar-refractivity contribution >= 4 is 43.1 Å². The molecule has 0 amide bonds. The lowest BCUT2D eigenvalue weighted by molar-refractivity contribution is -0.00277. The van der Waals surface area contributed by atoms with Crippen molar-refractivity contribution < 1.29 is 65.8 Å². The Morgan fingerprint density at radius 3 is 0.979 bits per heavy atom. The number of benzene rings is 20. The van der Waals surface area contributed by atoms with Gasteiger partial charge in [0.2, 0.25) is 0 Å². The van der Waals surface area contributed by atoms with E-state index in [0.29, 0.717) is 61.6 Å². The average molecular weight is 1950 g/mol. The molecule has 0 unspecified atom stereocenters. The van der Waals surface area contributed by atoms with Gasteiger partial charge in [0.25, 0.3) is 0 Å². The quantitative estimate of drug-likeness (QED) is 0.121. The first-order valence-electron chi connectivity index (χ1n) is 74.2. The third-order valence-electron chi connectivity index (χ3n) is 27.5. The van der Waals surface area contributed by atoms with E-state index in [1.54, 1.807) is 53.7 Å². The molecule has 0 heterocycles. The van der Waals surface area contributed by atoms with Crippen LogP contribution in [0.25, 0.3) is 143 Å². The second-order valence-corrected chi connectivity index (χ2v) is 40.9. The standard InChI is InChI=1S/C31H20.C25H30.C23H20.C21H18.2C19H18.2C4H10/c1-2-10-21(11-3-1)22-18-19-26-25-14-6-9-17-29(25)31(30(26)20-22)27-15-7-4-12-23(27)24-13-5-8-16-28(24)31;1-16(2)19-3-5-20(6-4-19)21-7-9-22(10-8-21)25-23-12-17-11-18(14-23)15-24(25)13-17;1-16(2)18-14-15-23(22-12-6-5-11-20(18)22)21-13-7-9-17-8-3-4-10-19(17)21;1-21(2)19-11-7-6-10-17(19)18-13-12-16(14-20(18)21)15-8-4-3-5-9-15;2*1-14(2)16-12-13-17(15-8-4-3-5-9-15)19-11-7-6-10-18(16)19;2*1-4(2)3/h1-20H;3-10,16-18,23-25H,11-15H2,1-2H3;3-16H,1-2H3;3-14H,1-2H3;2*3-14H,1-2H3;2*4H,1-3H3/i1D,2D,3D,10D,11D;3D,4D,5D,6D,7D,8D,9D,10D;3D,4D,5D,6D,7D,8D,9D,10D,11D,12D,13D,14D,15D;3D,4D,5D,8D,9D;3D,4D,5D,6D,7D,8D,9D,10D,11D,12D,13D;6D,7D,10D,11D,12D,13D;;. The third-order valence-corrected chi connectivity index (χ3v) is 27.5. The van der Waals surface area contributed by atoms with Gasteiger partial charge >= 0.3 is 0 Å². The van der Waals surface area contributed by atoms with Gasteiger partial charge in [-0.2, -0.15) is 0 Å². The van der Waals surface area contributed by atoms with Gasteiger partial charge in [0, 0.05) is 5.41 Å². The van der Waals surface area contributed by atoms with E-state index in [0.717, 1.165) is 77.2 Å². The van der Waals surface area contributed by atoms with Gasteiger partial charge in [-0.05, 0) is 314 Å². The minimum absolute atomic E-state index is 0.00701. The van der Waals surface area contributed by atoms with Gasteiger partial charge in [0.1, 0.15) is 0 Å². The van der Waals surface area contributed by atoms with Crippen molar-refractivity contribution in [3.8, 4) is 100 Å². The molecule has 0 aliphatic heterocycles. The highest BCUT2D eigenvalue weighted by molar-refractivity contribution is 6.07. The summed E-state index contributed by atoms with van der Waals surface area (Å²) in [4.78, 5) is 0. The van der Waals surface area contributed by atoms with Crippen LogP contribution >= 0.6 is 0 Å². The minimum atomic E-state index is -0.671.